The van der Waals surface area contributed by atoms with Crippen molar-refractivity contribution < 1.29 is 18.8 Å². The van der Waals surface area contributed by atoms with Crippen molar-refractivity contribution in [3.63, 3.8) is 0 Å². The van der Waals surface area contributed by atoms with E-state index in [-0.39, 0.29) is 23.7 Å². The molecule has 4 heterocycles. The minimum atomic E-state index is -0.824. The van der Waals surface area contributed by atoms with Crippen LogP contribution in [0.5, 0.6) is 0 Å². The summed E-state index contributed by atoms with van der Waals surface area (Å²) in [5, 5.41) is 1.06. The predicted molar refractivity (Wildman–Crippen MR) is 161 cm³/mol. The average Bonchev–Trinajstić information content (AvgIpc) is 3.43. The number of piperidine rings is 1. The van der Waals surface area contributed by atoms with Gasteiger partial charge in [-0.2, -0.15) is 0 Å². The Morgan fingerprint density at radius 1 is 0.952 bits per heavy atom. The Balaban J connectivity index is 1.14. The summed E-state index contributed by atoms with van der Waals surface area (Å²) in [6.45, 7) is 7.04. The van der Waals surface area contributed by atoms with Crippen molar-refractivity contribution in [3.05, 3.63) is 60.4 Å². The standard InChI is InChI=1S/C34H38N4O4/c1-22(29-11-15-37(21-29)32(40)26-7-8-26)20-38-31(35-34(33(38)41)13-16-36(17-14-34)23(2)39)25-5-3-24(4-6-25)27-9-10-30-28(19-27)12-18-42-30/h3-6,9-10,12,18-19,22,26,29H,7-8,11,13-17,20-21H2,1-2H3. The third-order valence-corrected chi connectivity index (χ3v) is 9.92. The van der Waals surface area contributed by atoms with E-state index in [1.807, 2.05) is 26.8 Å². The van der Waals surface area contributed by atoms with E-state index >= 15 is 0 Å². The van der Waals surface area contributed by atoms with Crippen molar-refractivity contribution >= 4 is 34.5 Å². The van der Waals surface area contributed by atoms with Gasteiger partial charge in [0.15, 0.2) is 0 Å². The average molecular weight is 567 g/mol. The van der Waals surface area contributed by atoms with Gasteiger partial charge >= 0.3 is 0 Å². The maximum atomic E-state index is 14.2. The van der Waals surface area contributed by atoms with Gasteiger partial charge in [0, 0.05) is 56.5 Å². The number of benzene rings is 2. The molecule has 3 aliphatic heterocycles. The Bertz CT molecular complexity index is 1560. The molecule has 1 saturated carbocycles. The molecule has 1 aliphatic carbocycles. The van der Waals surface area contributed by atoms with Crippen molar-refractivity contribution in [2.75, 3.05) is 32.7 Å². The lowest BCUT2D eigenvalue weighted by Gasteiger charge is -2.36. The molecular formula is C34H38N4O4. The predicted octanol–water partition coefficient (Wildman–Crippen LogP) is 4.96. The molecule has 2 unspecified atom stereocenters. The van der Waals surface area contributed by atoms with Gasteiger partial charge in [-0.15, -0.1) is 0 Å². The topological polar surface area (TPSA) is 86.4 Å². The van der Waals surface area contributed by atoms with Crippen molar-refractivity contribution in [1.82, 2.24) is 14.7 Å². The summed E-state index contributed by atoms with van der Waals surface area (Å²) in [7, 11) is 0. The third-order valence-electron chi connectivity index (χ3n) is 9.92. The minimum absolute atomic E-state index is 0.0423. The highest BCUT2D eigenvalue weighted by Crippen LogP contribution is 2.38. The van der Waals surface area contributed by atoms with Crippen LogP contribution in [0.2, 0.25) is 0 Å². The van der Waals surface area contributed by atoms with Gasteiger partial charge < -0.3 is 14.2 Å². The second kappa shape index (κ2) is 10.4. The summed E-state index contributed by atoms with van der Waals surface area (Å²) in [5.41, 5.74) is 3.15. The third kappa shape index (κ3) is 4.80. The molecule has 3 amide bonds. The highest BCUT2D eigenvalue weighted by molar-refractivity contribution is 6.15. The monoisotopic (exact) mass is 566 g/mol. The molecule has 0 radical (unpaired) electrons. The maximum absolute atomic E-state index is 14.2. The van der Waals surface area contributed by atoms with E-state index in [4.69, 9.17) is 9.41 Å². The van der Waals surface area contributed by atoms with Crippen LogP contribution in [-0.2, 0) is 14.4 Å². The first kappa shape index (κ1) is 26.9. The zero-order chi connectivity index (χ0) is 29.0. The summed E-state index contributed by atoms with van der Waals surface area (Å²) in [6, 6.07) is 16.4. The van der Waals surface area contributed by atoms with Crippen LogP contribution in [0.1, 0.15) is 51.5 Å². The summed E-state index contributed by atoms with van der Waals surface area (Å²) in [5.74, 6) is 1.95. The molecule has 2 saturated heterocycles. The summed E-state index contributed by atoms with van der Waals surface area (Å²) < 4.78 is 5.50. The highest BCUT2D eigenvalue weighted by atomic mass is 16.3. The number of carbonyl (C=O) groups is 3. The molecule has 218 valence electrons. The van der Waals surface area contributed by atoms with E-state index < -0.39 is 5.54 Å². The van der Waals surface area contributed by atoms with Crippen molar-refractivity contribution in [3.8, 4) is 11.1 Å². The number of aliphatic imine (C=N–C) groups is 1. The fourth-order valence-electron chi connectivity index (χ4n) is 7.00. The number of amidine groups is 1. The van der Waals surface area contributed by atoms with E-state index in [1.54, 1.807) is 13.2 Å². The SMILES string of the molecule is CC(=O)N1CCC2(CC1)N=C(c1ccc(-c3ccc4occc4c3)cc1)N(CC(C)C1CCN(C(=O)C3CC3)C1)C2=O. The van der Waals surface area contributed by atoms with Crippen LogP contribution in [0.3, 0.4) is 0 Å². The first-order valence-electron chi connectivity index (χ1n) is 15.4. The van der Waals surface area contributed by atoms with Gasteiger partial charge in [-0.05, 0) is 73.3 Å². The van der Waals surface area contributed by atoms with E-state index in [0.717, 1.165) is 65.8 Å². The molecule has 3 aromatic rings. The van der Waals surface area contributed by atoms with Crippen LogP contribution in [0.25, 0.3) is 22.1 Å². The molecule has 2 atom stereocenters. The molecule has 3 fully saturated rings. The van der Waals surface area contributed by atoms with Gasteiger partial charge in [-0.1, -0.05) is 37.3 Å². The number of fused-ring (bicyclic) bond motifs is 1. The van der Waals surface area contributed by atoms with Gasteiger partial charge in [0.05, 0.1) is 6.26 Å². The lowest BCUT2D eigenvalue weighted by Crippen LogP contribution is -2.51. The largest absolute Gasteiger partial charge is 0.464 e. The van der Waals surface area contributed by atoms with E-state index in [0.29, 0.717) is 44.3 Å². The molecule has 8 nitrogen and oxygen atoms in total. The molecular weight excluding hydrogens is 528 g/mol. The van der Waals surface area contributed by atoms with Crippen LogP contribution < -0.4 is 0 Å². The van der Waals surface area contributed by atoms with E-state index in [2.05, 4.69) is 43.3 Å². The maximum Gasteiger partial charge on any atom is 0.256 e. The molecule has 7 rings (SSSR count). The molecule has 8 heteroatoms. The quantitative estimate of drug-likeness (QED) is 0.422. The molecule has 1 spiro atoms. The molecule has 2 aromatic carbocycles. The fraction of sp³-hybridized carbons (Fsp3) is 0.471. The minimum Gasteiger partial charge on any atom is -0.464 e. The van der Waals surface area contributed by atoms with Gasteiger partial charge in [-0.25, -0.2) is 0 Å². The molecule has 0 bridgehead atoms. The molecule has 42 heavy (non-hydrogen) atoms. The first-order chi connectivity index (χ1) is 20.3. The number of hydrogen-bond acceptors (Lipinski definition) is 5. The number of rotatable bonds is 6. The smallest absolute Gasteiger partial charge is 0.256 e. The second-order valence-corrected chi connectivity index (χ2v) is 12.7. The lowest BCUT2D eigenvalue weighted by molar-refractivity contribution is -0.137. The lowest BCUT2D eigenvalue weighted by atomic mass is 9.87. The number of furan rings is 1. The molecule has 0 N–H and O–H groups in total. The Labute approximate surface area is 246 Å². The number of nitrogens with zero attached hydrogens (tertiary/aromatic N) is 4. The second-order valence-electron chi connectivity index (χ2n) is 12.7. The Morgan fingerprint density at radius 3 is 2.38 bits per heavy atom. The molecule has 1 aromatic heterocycles. The zero-order valence-electron chi connectivity index (χ0n) is 24.4. The number of carbonyl (C=O) groups excluding carboxylic acids is 3. The van der Waals surface area contributed by atoms with E-state index in [9.17, 15) is 14.4 Å². The van der Waals surface area contributed by atoms with Crippen LogP contribution in [0, 0.1) is 17.8 Å². The Hall–Kier alpha value is -3.94. The zero-order valence-corrected chi connectivity index (χ0v) is 24.4. The first-order valence-corrected chi connectivity index (χ1v) is 15.4. The summed E-state index contributed by atoms with van der Waals surface area (Å²) >= 11 is 0. The Kier molecular flexibility index (Phi) is 6.67. The fourth-order valence-corrected chi connectivity index (χ4v) is 7.00. The van der Waals surface area contributed by atoms with Crippen molar-refractivity contribution in [2.45, 2.75) is 51.5 Å². The van der Waals surface area contributed by atoms with Crippen LogP contribution in [-0.4, -0.2) is 76.5 Å². The van der Waals surface area contributed by atoms with Crippen LogP contribution >= 0.6 is 0 Å². The number of hydrogen-bond donors (Lipinski definition) is 0. The normalized spacial score (nSPS) is 22.7. The number of likely N-dealkylation sites (tertiary alicyclic amines) is 2. The van der Waals surface area contributed by atoms with Gasteiger partial charge in [0.2, 0.25) is 11.8 Å². The van der Waals surface area contributed by atoms with Crippen LogP contribution in [0.4, 0.5) is 0 Å². The van der Waals surface area contributed by atoms with Crippen LogP contribution in [0.15, 0.2) is 64.2 Å². The van der Waals surface area contributed by atoms with Gasteiger partial charge in [-0.3, -0.25) is 24.3 Å². The Morgan fingerprint density at radius 2 is 1.67 bits per heavy atom. The van der Waals surface area contributed by atoms with Gasteiger partial charge in [0.25, 0.3) is 5.91 Å². The highest BCUT2D eigenvalue weighted by Gasteiger charge is 2.51. The number of amides is 3. The van der Waals surface area contributed by atoms with Gasteiger partial charge in [0.1, 0.15) is 17.0 Å². The van der Waals surface area contributed by atoms with E-state index in [1.165, 1.54) is 0 Å². The molecule has 4 aliphatic rings. The van der Waals surface area contributed by atoms with Crippen molar-refractivity contribution in [2.24, 2.45) is 22.7 Å². The summed E-state index contributed by atoms with van der Waals surface area (Å²) in [4.78, 5) is 49.8. The summed E-state index contributed by atoms with van der Waals surface area (Å²) in [6.07, 6.45) is 5.80. The van der Waals surface area contributed by atoms with Crippen molar-refractivity contribution in [1.29, 1.82) is 0 Å².